The van der Waals surface area contributed by atoms with Crippen LogP contribution in [0.15, 0.2) is 150 Å². The maximum absolute atomic E-state index is 12.5. The maximum Gasteiger partial charge on any atom is 0.298 e. The van der Waals surface area contributed by atoms with E-state index in [0.717, 1.165) is 35.4 Å². The van der Waals surface area contributed by atoms with Crippen LogP contribution in [0.4, 0.5) is 0 Å². The van der Waals surface area contributed by atoms with Gasteiger partial charge in [0.25, 0.3) is 10.1 Å². The van der Waals surface area contributed by atoms with Crippen LogP contribution in [0.2, 0.25) is 0 Å². The molecule has 10 aromatic carbocycles. The Hall–Kier alpha value is -13.2. The molecule has 0 unspecified atom stereocenters. The van der Waals surface area contributed by atoms with Crippen molar-refractivity contribution in [3.63, 3.8) is 0 Å². The summed E-state index contributed by atoms with van der Waals surface area (Å²) >= 11 is 0. The fraction of sp³-hybridized carbons (Fsp3) is 0.0667. The number of benzene rings is 10. The molecule has 0 bridgehead atoms. The molecule has 0 aromatic heterocycles. The Morgan fingerprint density at radius 1 is 0.242 bits per heavy atom. The van der Waals surface area contributed by atoms with Gasteiger partial charge >= 0.3 is 0 Å². The van der Waals surface area contributed by atoms with Gasteiger partial charge in [0, 0.05) is 112 Å². The summed E-state index contributed by atoms with van der Waals surface area (Å²) in [6.07, 6.45) is 0. The average molecular weight is 1350 g/mol. The Morgan fingerprint density at radius 2 is 0.545 bits per heavy atom. The molecule has 0 radical (unpaired) electrons. The first-order valence-electron chi connectivity index (χ1n) is 29.4. The second-order valence-electron chi connectivity index (χ2n) is 23.3. The normalized spacial score (nSPS) is 13.2. The van der Waals surface area contributed by atoms with E-state index in [2.05, 4.69) is 0 Å². The van der Waals surface area contributed by atoms with Gasteiger partial charge in [-0.15, -0.1) is 0 Å². The zero-order valence-electron chi connectivity index (χ0n) is 52.1. The molecule has 5 aliphatic carbocycles. The fourth-order valence-corrected chi connectivity index (χ4v) is 12.6. The van der Waals surface area contributed by atoms with Crippen molar-refractivity contribution in [2.75, 3.05) is 0 Å². The number of fused-ring (bicyclic) bond motifs is 10. The highest BCUT2D eigenvalue weighted by atomic mass is 32.2. The Balaban J connectivity index is 0.000000125. The van der Waals surface area contributed by atoms with Crippen molar-refractivity contribution < 1.29 is 112 Å². The van der Waals surface area contributed by atoms with Gasteiger partial charge in [-0.1, -0.05) is 83.9 Å². The molecule has 494 valence electrons. The van der Waals surface area contributed by atoms with Crippen LogP contribution >= 0.6 is 0 Å². The van der Waals surface area contributed by atoms with E-state index in [0.29, 0.717) is 50.6 Å². The number of carbonyl (C=O) groups is 10. The van der Waals surface area contributed by atoms with Gasteiger partial charge < -0.3 is 51.1 Å². The van der Waals surface area contributed by atoms with Gasteiger partial charge in [-0.25, -0.2) is 0 Å². The number of phenols is 10. The van der Waals surface area contributed by atoms with E-state index in [-0.39, 0.29) is 118 Å². The van der Waals surface area contributed by atoms with Gasteiger partial charge in [-0.05, 0) is 107 Å². The molecule has 0 spiro atoms. The Kier molecular flexibility index (Phi) is 16.9. The van der Waals surface area contributed by atoms with Crippen LogP contribution in [0.5, 0.6) is 57.5 Å². The molecular weight excluding hydrogens is 1300 g/mol. The zero-order valence-corrected chi connectivity index (χ0v) is 52.9. The van der Waals surface area contributed by atoms with E-state index >= 15 is 0 Å². The summed E-state index contributed by atoms with van der Waals surface area (Å²) in [6.45, 7) is 8.62. The van der Waals surface area contributed by atoms with Crippen molar-refractivity contribution in [3.8, 4) is 57.5 Å². The molecule has 10 aromatic rings. The van der Waals surface area contributed by atoms with Crippen molar-refractivity contribution in [1.29, 1.82) is 0 Å². The number of aryl methyl sites for hydroxylation is 3. The first-order chi connectivity index (χ1) is 46.7. The Labute approximate surface area is 559 Å². The third-order valence-corrected chi connectivity index (χ3v) is 18.0. The quantitative estimate of drug-likeness (QED) is 0.0413. The van der Waals surface area contributed by atoms with Gasteiger partial charge in [0.1, 0.15) is 27.9 Å². The molecule has 15 rings (SSSR count). The zero-order chi connectivity index (χ0) is 72.0. The summed E-state index contributed by atoms with van der Waals surface area (Å²) in [5.41, 5.74) is 5.45. The Morgan fingerprint density at radius 3 is 0.929 bits per heavy atom. The minimum Gasteiger partial charge on any atom is -0.508 e. The molecule has 0 saturated carbocycles. The van der Waals surface area contributed by atoms with Gasteiger partial charge in [-0.2, -0.15) is 8.42 Å². The predicted octanol–water partition coefficient (Wildman–Crippen LogP) is 10.2. The Bertz CT molecular complexity index is 5300. The van der Waals surface area contributed by atoms with E-state index in [1.54, 1.807) is 63.2 Å². The molecule has 0 heterocycles. The summed E-state index contributed by atoms with van der Waals surface area (Å²) in [5.74, 6) is -9.03. The molecule has 23 nitrogen and oxygen atoms in total. The average Bonchev–Trinajstić information content (AvgIpc) is 0.761. The van der Waals surface area contributed by atoms with Crippen molar-refractivity contribution >= 4 is 68.0 Å². The fourth-order valence-electron chi connectivity index (χ4n) is 12.0. The lowest BCUT2D eigenvalue weighted by molar-refractivity contribution is 0.0973. The van der Waals surface area contributed by atoms with Crippen LogP contribution in [0.3, 0.4) is 0 Å². The number of carbonyl (C=O) groups excluding carboxylic acids is 10. The highest BCUT2D eigenvalue weighted by Gasteiger charge is 2.40. The molecule has 0 fully saturated rings. The van der Waals surface area contributed by atoms with E-state index in [4.69, 9.17) is 4.55 Å². The highest BCUT2D eigenvalue weighted by molar-refractivity contribution is 7.86. The third-order valence-electron chi connectivity index (χ3n) is 17.1. The number of hydrogen-bond donors (Lipinski definition) is 11. The molecule has 0 saturated heterocycles. The number of phenolic OH excluding ortho intramolecular Hbond substituents is 10. The van der Waals surface area contributed by atoms with Crippen molar-refractivity contribution in [2.45, 2.75) is 39.5 Å². The van der Waals surface area contributed by atoms with Crippen LogP contribution < -0.4 is 0 Å². The molecule has 24 heteroatoms. The first kappa shape index (κ1) is 67.2. The SMILES string of the molecule is Cc1c(O)ccc2c1C(=O)c1ccc(O)c(C)c1C2=O.Cc1cc2c(c(O)c1O)C(=O)c1ccccc1C2=O.Cc1ccc2c(c1)C(=O)c1ccc(C)cc1C2=O.O=C1c2cc(O)c(O)cc2C(=O)c2cc(O)c(O)cc21.O=C1c2ccccc2C(=O)c2c(O)c(S(=O)(=O)O)cc(O)c21. The lowest BCUT2D eigenvalue weighted by Gasteiger charge is -2.21. The lowest BCUT2D eigenvalue weighted by atomic mass is 9.80. The summed E-state index contributed by atoms with van der Waals surface area (Å²) < 4.78 is 31.5. The second-order valence-corrected chi connectivity index (χ2v) is 24.7. The summed E-state index contributed by atoms with van der Waals surface area (Å²) in [4.78, 5) is 123. The molecule has 99 heavy (non-hydrogen) atoms. The molecule has 5 aliphatic rings. The molecule has 0 atom stereocenters. The van der Waals surface area contributed by atoms with Crippen LogP contribution in [-0.4, -0.2) is 122 Å². The molecule has 0 amide bonds. The monoisotopic (exact) mass is 1350 g/mol. The number of aromatic hydroxyl groups is 10. The first-order valence-corrected chi connectivity index (χ1v) is 30.9. The second kappa shape index (κ2) is 24.9. The van der Waals surface area contributed by atoms with E-state index < -0.39 is 95.3 Å². The summed E-state index contributed by atoms with van der Waals surface area (Å²) in [6, 6.07) is 34.7. The van der Waals surface area contributed by atoms with Crippen LogP contribution in [0, 0.1) is 34.6 Å². The van der Waals surface area contributed by atoms with Gasteiger partial charge in [0.05, 0.1) is 16.7 Å². The summed E-state index contributed by atoms with van der Waals surface area (Å²) in [7, 11) is -4.88. The van der Waals surface area contributed by atoms with Crippen molar-refractivity contribution in [2.24, 2.45) is 0 Å². The van der Waals surface area contributed by atoms with Crippen molar-refractivity contribution in [1.82, 2.24) is 0 Å². The topological polar surface area (TPSA) is 427 Å². The lowest BCUT2D eigenvalue weighted by Crippen LogP contribution is -2.23. The standard InChI is InChI=1S/C16H12O4.C16H12O2.C15H10O4.C14H8O7S.C14H8O6/c1-7-11(17)5-3-9-13(7)15(19)10-4-6-12(18)8(2)14(10)16(9)20;1-9-3-5-11-13(7-9)15(17)12-6-4-10(2)8-14(12)16(11)18;1-7-6-10-11(15(19)12(7)16)14(18)9-5-3-2-4-8(9)13(10)17;15-8-5-9(22(19,20)21)14(18)11-10(8)12(16)6-3-1-2-4-7(6)13(11)17;15-9-1-5-6(2-10(9)16)14(20)8-4-12(18)11(17)3-7(8)13(5)19/h3-6,17-18H,1-2H3;3-8H,1-2H3;2-6,16,19H,1H3;1-5,15,18H,(H,19,20,21);1-4,15-18H. The van der Waals surface area contributed by atoms with Crippen LogP contribution in [0.1, 0.15) is 187 Å². The molecule has 0 aliphatic heterocycles. The maximum atomic E-state index is 12.5. The smallest absolute Gasteiger partial charge is 0.298 e. The third kappa shape index (κ3) is 11.3. The van der Waals surface area contributed by atoms with E-state index in [1.165, 1.54) is 60.7 Å². The highest BCUT2D eigenvalue weighted by Crippen LogP contribution is 2.44. The van der Waals surface area contributed by atoms with Gasteiger partial charge in [-0.3, -0.25) is 52.5 Å². The minimum absolute atomic E-state index is 0.0103. The van der Waals surface area contributed by atoms with Crippen molar-refractivity contribution in [3.05, 3.63) is 285 Å². The van der Waals surface area contributed by atoms with Crippen LogP contribution in [-0.2, 0) is 10.1 Å². The number of ketones is 10. The predicted molar refractivity (Wildman–Crippen MR) is 349 cm³/mol. The number of hydrogen-bond acceptors (Lipinski definition) is 22. The number of rotatable bonds is 1. The van der Waals surface area contributed by atoms with Gasteiger partial charge in [0.2, 0.25) is 0 Å². The molecule has 11 N–H and O–H groups in total. The molecular formula is C75H50O23S. The summed E-state index contributed by atoms with van der Waals surface area (Å²) in [5, 5.41) is 96.6. The van der Waals surface area contributed by atoms with E-state index in [1.807, 2.05) is 26.0 Å². The van der Waals surface area contributed by atoms with Gasteiger partial charge in [0.15, 0.2) is 92.3 Å². The van der Waals surface area contributed by atoms with Crippen LogP contribution in [0.25, 0.3) is 0 Å². The van der Waals surface area contributed by atoms with E-state index in [9.17, 15) is 107 Å². The largest absolute Gasteiger partial charge is 0.508 e. The minimum atomic E-state index is -4.88.